The Morgan fingerprint density at radius 3 is 2.63 bits per heavy atom. The summed E-state index contributed by atoms with van der Waals surface area (Å²) in [6.45, 7) is 2.65. The van der Waals surface area contributed by atoms with Gasteiger partial charge >= 0.3 is 0 Å². The average Bonchev–Trinajstić information content (AvgIpc) is 3.19. The number of unbranched alkanes of at least 4 members (excludes halogenated alkanes) is 2. The topological polar surface area (TPSA) is 49.4 Å². The number of nitrogens with one attached hydrogen (secondary N) is 1. The summed E-state index contributed by atoms with van der Waals surface area (Å²) in [7, 11) is 0. The zero-order valence-corrected chi connectivity index (χ0v) is 18.1. The van der Waals surface area contributed by atoms with Crippen molar-refractivity contribution < 1.29 is 9.59 Å². The first-order valence-corrected chi connectivity index (χ1v) is 11.4. The predicted molar refractivity (Wildman–Crippen MR) is 122 cm³/mol. The molecule has 2 aromatic rings. The second-order valence-electron chi connectivity index (χ2n) is 8.26. The third kappa shape index (κ3) is 4.76. The van der Waals surface area contributed by atoms with Crippen molar-refractivity contribution in [3.05, 3.63) is 63.7 Å². The van der Waals surface area contributed by atoms with Crippen molar-refractivity contribution in [3.63, 3.8) is 0 Å². The molecule has 2 aromatic carbocycles. The highest BCUT2D eigenvalue weighted by atomic mass is 35.5. The summed E-state index contributed by atoms with van der Waals surface area (Å²) in [4.78, 5) is 26.6. The van der Waals surface area contributed by atoms with Crippen LogP contribution in [0.5, 0.6) is 0 Å². The fraction of sp³-hybridized carbons (Fsp3) is 0.440. The molecule has 0 saturated carbocycles. The third-order valence-corrected chi connectivity index (χ3v) is 6.53. The number of hydrogen-bond acceptors (Lipinski definition) is 3. The number of ketones is 1. The number of nitrogens with zero attached hydrogens (tertiary/aromatic N) is 1. The summed E-state index contributed by atoms with van der Waals surface area (Å²) < 4.78 is 0. The molecule has 0 aromatic heterocycles. The monoisotopic (exact) mass is 424 g/mol. The van der Waals surface area contributed by atoms with E-state index in [-0.39, 0.29) is 11.7 Å². The Hall–Kier alpha value is -2.17. The zero-order valence-electron chi connectivity index (χ0n) is 17.4. The van der Waals surface area contributed by atoms with Gasteiger partial charge in [0.1, 0.15) is 0 Å². The van der Waals surface area contributed by atoms with Crippen LogP contribution in [0.2, 0.25) is 5.02 Å². The van der Waals surface area contributed by atoms with Gasteiger partial charge in [-0.1, -0.05) is 36.2 Å². The number of benzene rings is 2. The van der Waals surface area contributed by atoms with Gasteiger partial charge in [-0.25, -0.2) is 0 Å². The fourth-order valence-electron chi connectivity index (χ4n) is 4.52. The number of hydrogen-bond donors (Lipinski definition) is 1. The molecule has 1 N–H and O–H groups in total. The van der Waals surface area contributed by atoms with Crippen molar-refractivity contribution in [1.82, 2.24) is 5.32 Å². The molecule has 2 heterocycles. The lowest BCUT2D eigenvalue weighted by atomic mass is 9.94. The lowest BCUT2D eigenvalue weighted by molar-refractivity contribution is -0.118. The molecule has 0 aliphatic carbocycles. The summed E-state index contributed by atoms with van der Waals surface area (Å²) in [5.74, 6) is 0.455. The average molecular weight is 425 g/mol. The smallest absolute Gasteiger partial charge is 0.227 e. The van der Waals surface area contributed by atoms with E-state index in [1.165, 1.54) is 16.7 Å². The molecule has 4 nitrogen and oxygen atoms in total. The van der Waals surface area contributed by atoms with Gasteiger partial charge in [-0.15, -0.1) is 0 Å². The molecular weight excluding hydrogens is 396 g/mol. The quantitative estimate of drug-likeness (QED) is 0.442. The van der Waals surface area contributed by atoms with E-state index in [0.717, 1.165) is 74.4 Å². The molecule has 0 unspecified atom stereocenters. The van der Waals surface area contributed by atoms with Gasteiger partial charge in [0.2, 0.25) is 5.91 Å². The van der Waals surface area contributed by atoms with Crippen LogP contribution < -0.4 is 10.2 Å². The van der Waals surface area contributed by atoms with E-state index < -0.39 is 0 Å². The van der Waals surface area contributed by atoms with E-state index in [1.807, 2.05) is 35.2 Å². The van der Waals surface area contributed by atoms with E-state index in [1.54, 1.807) is 0 Å². The molecule has 30 heavy (non-hydrogen) atoms. The molecule has 0 saturated heterocycles. The van der Waals surface area contributed by atoms with Gasteiger partial charge in [0.25, 0.3) is 0 Å². The highest BCUT2D eigenvalue weighted by Gasteiger charge is 2.31. The lowest BCUT2D eigenvalue weighted by Crippen LogP contribution is -2.32. The first-order chi connectivity index (χ1) is 14.6. The largest absolute Gasteiger partial charge is 0.316 e. The number of halogens is 1. The summed E-state index contributed by atoms with van der Waals surface area (Å²) in [6, 6.07) is 12.0. The Bertz CT molecular complexity index is 941. The van der Waals surface area contributed by atoms with Crippen LogP contribution in [-0.2, 0) is 24.1 Å². The third-order valence-electron chi connectivity index (χ3n) is 6.16. The Morgan fingerprint density at radius 1 is 1.00 bits per heavy atom. The number of rotatable bonds is 10. The second-order valence-corrected chi connectivity index (χ2v) is 8.67. The molecule has 4 rings (SSSR count). The molecule has 158 valence electrons. The number of aryl methyl sites for hydroxylation is 1. The fourth-order valence-corrected chi connectivity index (χ4v) is 4.75. The van der Waals surface area contributed by atoms with Crippen molar-refractivity contribution in [1.29, 1.82) is 0 Å². The molecule has 0 radical (unpaired) electrons. The van der Waals surface area contributed by atoms with Crippen LogP contribution in [0.1, 0.15) is 59.2 Å². The van der Waals surface area contributed by atoms with Crippen molar-refractivity contribution >= 4 is 29.0 Å². The van der Waals surface area contributed by atoms with E-state index >= 15 is 0 Å². The standard InChI is InChI=1S/C25H29ClN2O2/c26-22-7-4-3-6-18(22)11-14-27-13-5-1-2-8-23(29)21-16-19-9-10-24(30)28-15-12-20(17-21)25(19)28/h3-4,6-7,16-17,27H,1-2,5,8-15H2. The molecular formula is C25H29ClN2O2. The van der Waals surface area contributed by atoms with E-state index in [9.17, 15) is 9.59 Å². The predicted octanol–water partition coefficient (Wildman–Crippen LogP) is 4.75. The van der Waals surface area contributed by atoms with E-state index in [2.05, 4.69) is 11.4 Å². The van der Waals surface area contributed by atoms with E-state index in [4.69, 9.17) is 11.6 Å². The van der Waals surface area contributed by atoms with Gasteiger partial charge in [0.05, 0.1) is 5.69 Å². The van der Waals surface area contributed by atoms with Crippen LogP contribution >= 0.6 is 11.6 Å². The van der Waals surface area contributed by atoms with Gasteiger partial charge in [0, 0.05) is 30.0 Å². The van der Waals surface area contributed by atoms with Gasteiger partial charge in [0.15, 0.2) is 5.78 Å². The maximum atomic E-state index is 12.7. The van der Waals surface area contributed by atoms with Crippen LogP contribution in [-0.4, -0.2) is 31.3 Å². The molecule has 5 heteroatoms. The van der Waals surface area contributed by atoms with Crippen LogP contribution in [0.3, 0.4) is 0 Å². The number of Topliss-reactive ketones (excluding diaryl/α,β-unsaturated/α-hetero) is 1. The summed E-state index contributed by atoms with van der Waals surface area (Å²) in [5.41, 5.74) is 5.45. The molecule has 2 aliphatic heterocycles. The van der Waals surface area contributed by atoms with Crippen LogP contribution in [0.25, 0.3) is 0 Å². The van der Waals surface area contributed by atoms with Crippen molar-refractivity contribution in [2.75, 3.05) is 24.5 Å². The summed E-state index contributed by atoms with van der Waals surface area (Å²) in [5, 5.41) is 4.29. The van der Waals surface area contributed by atoms with Crippen molar-refractivity contribution in [3.8, 4) is 0 Å². The Labute approximate surface area is 183 Å². The molecule has 0 bridgehead atoms. The zero-order chi connectivity index (χ0) is 20.9. The maximum absolute atomic E-state index is 12.7. The number of anilines is 1. The van der Waals surface area contributed by atoms with Gasteiger partial charge in [-0.3, -0.25) is 9.59 Å². The first-order valence-electron chi connectivity index (χ1n) is 11.1. The number of carbonyl (C=O) groups is 2. The SMILES string of the molecule is O=C(CCCCCNCCc1ccccc1Cl)c1cc2c3c(c1)CCN3C(=O)CC2. The Balaban J connectivity index is 1.16. The van der Waals surface area contributed by atoms with Gasteiger partial charge in [-0.2, -0.15) is 0 Å². The van der Waals surface area contributed by atoms with E-state index in [0.29, 0.717) is 12.8 Å². The minimum Gasteiger partial charge on any atom is -0.316 e. The molecule has 0 spiro atoms. The van der Waals surface area contributed by atoms with Crippen LogP contribution in [0.4, 0.5) is 5.69 Å². The minimum absolute atomic E-state index is 0.223. The Kier molecular flexibility index (Phi) is 6.86. The first kappa shape index (κ1) is 21.1. The molecule has 0 atom stereocenters. The van der Waals surface area contributed by atoms with Gasteiger partial charge in [-0.05, 0) is 80.1 Å². The number of amides is 1. The van der Waals surface area contributed by atoms with Crippen LogP contribution in [0, 0.1) is 0 Å². The van der Waals surface area contributed by atoms with Crippen LogP contribution in [0.15, 0.2) is 36.4 Å². The minimum atomic E-state index is 0.223. The summed E-state index contributed by atoms with van der Waals surface area (Å²) >= 11 is 6.18. The highest BCUT2D eigenvalue weighted by Crippen LogP contribution is 2.37. The number of carbonyl (C=O) groups excluding carboxylic acids is 2. The normalized spacial score (nSPS) is 14.8. The molecule has 0 fully saturated rings. The maximum Gasteiger partial charge on any atom is 0.227 e. The van der Waals surface area contributed by atoms with Crippen molar-refractivity contribution in [2.24, 2.45) is 0 Å². The molecule has 1 amide bonds. The second kappa shape index (κ2) is 9.76. The molecule has 2 aliphatic rings. The highest BCUT2D eigenvalue weighted by molar-refractivity contribution is 6.31. The van der Waals surface area contributed by atoms with Crippen molar-refractivity contribution in [2.45, 2.75) is 51.4 Å². The lowest BCUT2D eigenvalue weighted by Gasteiger charge is -2.25. The summed E-state index contributed by atoms with van der Waals surface area (Å²) in [6.07, 6.45) is 6.76. The van der Waals surface area contributed by atoms with Gasteiger partial charge < -0.3 is 10.2 Å². The Morgan fingerprint density at radius 2 is 1.80 bits per heavy atom.